The number of rotatable bonds is 6. The van der Waals surface area contributed by atoms with Crippen LogP contribution in [-0.4, -0.2) is 29.9 Å². The van der Waals surface area contributed by atoms with Gasteiger partial charge in [-0.05, 0) is 36.8 Å². The summed E-state index contributed by atoms with van der Waals surface area (Å²) in [5, 5.41) is 13.1. The van der Waals surface area contributed by atoms with Crippen LogP contribution in [0.15, 0.2) is 24.3 Å². The third kappa shape index (κ3) is 3.97. The quantitative estimate of drug-likeness (QED) is 0.840. The minimum atomic E-state index is -0.369. The zero-order chi connectivity index (χ0) is 14.8. The summed E-state index contributed by atoms with van der Waals surface area (Å²) in [7, 11) is 0. The van der Waals surface area contributed by atoms with Crippen molar-refractivity contribution in [3.05, 3.63) is 29.8 Å². The second kappa shape index (κ2) is 5.74. The normalized spacial score (nSPS) is 18.6. The lowest BCUT2D eigenvalue weighted by molar-refractivity contribution is 0.113. The Kier molecular flexibility index (Phi) is 4.40. The Morgan fingerprint density at radius 1 is 1.20 bits per heavy atom. The van der Waals surface area contributed by atoms with E-state index in [0.29, 0.717) is 12.6 Å². The van der Waals surface area contributed by atoms with E-state index in [2.05, 4.69) is 32.2 Å². The zero-order valence-corrected chi connectivity index (χ0v) is 13.1. The number of para-hydroxylation sites is 1. The third-order valence-electron chi connectivity index (χ3n) is 3.72. The van der Waals surface area contributed by atoms with E-state index in [1.54, 1.807) is 0 Å². The van der Waals surface area contributed by atoms with Crippen LogP contribution in [0, 0.1) is 0 Å². The van der Waals surface area contributed by atoms with Crippen LogP contribution in [0.2, 0.25) is 0 Å². The molecule has 0 radical (unpaired) electrons. The molecule has 1 aromatic rings. The van der Waals surface area contributed by atoms with Crippen LogP contribution in [0.25, 0.3) is 0 Å². The summed E-state index contributed by atoms with van der Waals surface area (Å²) in [5.41, 5.74) is 0.883. The minimum Gasteiger partial charge on any atom is -0.491 e. The summed E-state index contributed by atoms with van der Waals surface area (Å²) in [4.78, 5) is 0. The largest absolute Gasteiger partial charge is 0.491 e. The molecule has 1 fully saturated rings. The summed E-state index contributed by atoms with van der Waals surface area (Å²) in [5.74, 6) is 0.914. The Hall–Kier alpha value is -1.06. The van der Waals surface area contributed by atoms with Gasteiger partial charge in [0.05, 0.1) is 12.1 Å². The Morgan fingerprint density at radius 2 is 1.85 bits per heavy atom. The number of nitrogens with one attached hydrogen (secondary N) is 1. The second-order valence-electron chi connectivity index (χ2n) is 7.17. The number of aliphatic hydroxyl groups is 1. The fourth-order valence-corrected chi connectivity index (χ4v) is 2.30. The Labute approximate surface area is 122 Å². The topological polar surface area (TPSA) is 41.5 Å². The summed E-state index contributed by atoms with van der Waals surface area (Å²) < 4.78 is 6.03. The monoisotopic (exact) mass is 277 g/mol. The van der Waals surface area contributed by atoms with Gasteiger partial charge >= 0.3 is 0 Å². The number of benzene rings is 1. The van der Waals surface area contributed by atoms with Gasteiger partial charge < -0.3 is 15.2 Å². The maximum Gasteiger partial charge on any atom is 0.123 e. The molecule has 1 saturated carbocycles. The van der Waals surface area contributed by atoms with Gasteiger partial charge in [0.15, 0.2) is 0 Å². The SMILES string of the molecule is CC(CO)(COc1ccccc1C(C)(C)C)NC1CC1. The van der Waals surface area contributed by atoms with E-state index < -0.39 is 0 Å². The fourth-order valence-electron chi connectivity index (χ4n) is 2.30. The summed E-state index contributed by atoms with van der Waals surface area (Å²) in [6, 6.07) is 8.71. The second-order valence-corrected chi connectivity index (χ2v) is 7.17. The van der Waals surface area contributed by atoms with E-state index in [1.807, 2.05) is 25.1 Å². The predicted molar refractivity (Wildman–Crippen MR) is 82.3 cm³/mol. The van der Waals surface area contributed by atoms with E-state index >= 15 is 0 Å². The molecule has 0 aliphatic heterocycles. The fraction of sp³-hybridized carbons (Fsp3) is 0.647. The highest BCUT2D eigenvalue weighted by molar-refractivity contribution is 5.38. The van der Waals surface area contributed by atoms with Gasteiger partial charge in [-0.2, -0.15) is 0 Å². The first-order valence-electron chi connectivity index (χ1n) is 7.45. The lowest BCUT2D eigenvalue weighted by atomic mass is 9.86. The van der Waals surface area contributed by atoms with Gasteiger partial charge in [0.25, 0.3) is 0 Å². The van der Waals surface area contributed by atoms with Crippen LogP contribution in [0.5, 0.6) is 5.75 Å². The Balaban J connectivity index is 2.06. The number of ether oxygens (including phenoxy) is 1. The van der Waals surface area contributed by atoms with Gasteiger partial charge in [0.2, 0.25) is 0 Å². The molecule has 3 nitrogen and oxygen atoms in total. The molecule has 0 spiro atoms. The molecule has 112 valence electrons. The molecule has 0 amide bonds. The molecule has 1 unspecified atom stereocenters. The van der Waals surface area contributed by atoms with Gasteiger partial charge in [-0.15, -0.1) is 0 Å². The van der Waals surface area contributed by atoms with E-state index in [1.165, 1.54) is 18.4 Å². The highest BCUT2D eigenvalue weighted by Gasteiger charge is 2.33. The van der Waals surface area contributed by atoms with Gasteiger partial charge in [-0.25, -0.2) is 0 Å². The molecular formula is C17H27NO2. The summed E-state index contributed by atoms with van der Waals surface area (Å²) in [6.07, 6.45) is 2.41. The van der Waals surface area contributed by atoms with Crippen molar-refractivity contribution >= 4 is 0 Å². The van der Waals surface area contributed by atoms with E-state index in [0.717, 1.165) is 5.75 Å². The van der Waals surface area contributed by atoms with Crippen LogP contribution in [-0.2, 0) is 5.41 Å². The smallest absolute Gasteiger partial charge is 0.123 e. The number of hydrogen-bond donors (Lipinski definition) is 2. The van der Waals surface area contributed by atoms with Gasteiger partial charge in [0.1, 0.15) is 12.4 Å². The lowest BCUT2D eigenvalue weighted by Crippen LogP contribution is -2.51. The first kappa shape index (κ1) is 15.3. The molecule has 1 aliphatic carbocycles. The van der Waals surface area contributed by atoms with Crippen molar-refractivity contribution in [2.24, 2.45) is 0 Å². The van der Waals surface area contributed by atoms with Gasteiger partial charge in [-0.1, -0.05) is 39.0 Å². The van der Waals surface area contributed by atoms with Gasteiger partial charge in [-0.3, -0.25) is 0 Å². The lowest BCUT2D eigenvalue weighted by Gasteiger charge is -2.30. The predicted octanol–water partition coefficient (Wildman–Crippen LogP) is 2.87. The minimum absolute atomic E-state index is 0.0517. The molecule has 20 heavy (non-hydrogen) atoms. The standard InChI is InChI=1S/C17H27NO2/c1-16(2,3)14-7-5-6-8-15(14)20-12-17(4,11-19)18-13-9-10-13/h5-8,13,18-19H,9-12H2,1-4H3. The first-order chi connectivity index (χ1) is 9.34. The Morgan fingerprint density at radius 3 is 2.40 bits per heavy atom. The van der Waals surface area contributed by atoms with Crippen molar-refractivity contribution in [2.75, 3.05) is 13.2 Å². The van der Waals surface area contributed by atoms with E-state index in [9.17, 15) is 5.11 Å². The van der Waals surface area contributed by atoms with Crippen LogP contribution in [0.3, 0.4) is 0 Å². The molecule has 0 aromatic heterocycles. The van der Waals surface area contributed by atoms with Crippen LogP contribution < -0.4 is 10.1 Å². The summed E-state index contributed by atoms with van der Waals surface area (Å²) >= 11 is 0. The maximum absolute atomic E-state index is 9.63. The highest BCUT2D eigenvalue weighted by atomic mass is 16.5. The molecular weight excluding hydrogens is 250 g/mol. The van der Waals surface area contributed by atoms with E-state index in [4.69, 9.17) is 4.74 Å². The molecule has 0 bridgehead atoms. The van der Waals surface area contributed by atoms with Crippen molar-refractivity contribution in [1.82, 2.24) is 5.32 Å². The third-order valence-corrected chi connectivity index (χ3v) is 3.72. The molecule has 1 aromatic carbocycles. The molecule has 2 rings (SSSR count). The summed E-state index contributed by atoms with van der Waals surface area (Å²) in [6.45, 7) is 9.13. The molecule has 1 atom stereocenters. The molecule has 0 heterocycles. The molecule has 3 heteroatoms. The number of aliphatic hydroxyl groups excluding tert-OH is 1. The average Bonchev–Trinajstić information content (AvgIpc) is 3.19. The van der Waals surface area contributed by atoms with Crippen LogP contribution in [0.4, 0.5) is 0 Å². The van der Waals surface area contributed by atoms with Crippen molar-refractivity contribution in [2.45, 2.75) is 57.5 Å². The van der Waals surface area contributed by atoms with Crippen molar-refractivity contribution in [3.63, 3.8) is 0 Å². The zero-order valence-electron chi connectivity index (χ0n) is 13.1. The van der Waals surface area contributed by atoms with Crippen LogP contribution >= 0.6 is 0 Å². The van der Waals surface area contributed by atoms with Crippen LogP contribution in [0.1, 0.15) is 46.1 Å². The first-order valence-corrected chi connectivity index (χ1v) is 7.45. The van der Waals surface area contributed by atoms with Crippen molar-refractivity contribution in [3.8, 4) is 5.75 Å². The number of hydrogen-bond acceptors (Lipinski definition) is 3. The van der Waals surface area contributed by atoms with Crippen molar-refractivity contribution in [1.29, 1.82) is 0 Å². The molecule has 0 saturated heterocycles. The van der Waals surface area contributed by atoms with Crippen molar-refractivity contribution < 1.29 is 9.84 Å². The average molecular weight is 277 g/mol. The maximum atomic E-state index is 9.63. The van der Waals surface area contributed by atoms with Gasteiger partial charge in [0, 0.05) is 6.04 Å². The molecule has 2 N–H and O–H groups in total. The van der Waals surface area contributed by atoms with E-state index in [-0.39, 0.29) is 17.6 Å². The highest BCUT2D eigenvalue weighted by Crippen LogP contribution is 2.31. The Bertz CT molecular complexity index is 449. The molecule has 1 aliphatic rings.